The number of pyridine rings is 1. The largest absolute Gasteiger partial charge is 0.506 e. The SMILES string of the molecule is Cl.O=C(O)c1cnc2c(C(F)(F)F)cccc2c1O. The molecule has 2 rings (SSSR count). The molecule has 0 amide bonds. The van der Waals surface area contributed by atoms with Crippen LogP contribution in [0.3, 0.4) is 0 Å². The third-order valence-corrected chi connectivity index (χ3v) is 2.40. The Kier molecular flexibility index (Phi) is 3.90. The minimum absolute atomic E-state index is 0. The standard InChI is InChI=1S/C11H6F3NO3.ClH/c12-11(13,14)7-3-1-2-5-8(7)15-4-6(9(5)16)10(17)18;/h1-4H,(H,15,16)(H,17,18);1H. The number of carboxylic acid groups (broad SMARTS) is 1. The molecule has 0 atom stereocenters. The van der Waals surface area contributed by atoms with Gasteiger partial charge in [-0.1, -0.05) is 6.07 Å². The number of para-hydroxylation sites is 1. The molecule has 0 radical (unpaired) electrons. The van der Waals surface area contributed by atoms with E-state index in [1.807, 2.05) is 0 Å². The molecule has 0 spiro atoms. The maximum atomic E-state index is 12.7. The molecule has 1 aromatic heterocycles. The van der Waals surface area contributed by atoms with E-state index in [1.165, 1.54) is 6.07 Å². The van der Waals surface area contributed by atoms with Gasteiger partial charge < -0.3 is 10.2 Å². The molecular formula is C11H7ClF3NO3. The van der Waals surface area contributed by atoms with Crippen LogP contribution in [0.4, 0.5) is 13.2 Å². The average Bonchev–Trinajstić information content (AvgIpc) is 2.27. The Hall–Kier alpha value is -2.02. The third kappa shape index (κ3) is 2.55. The lowest BCUT2D eigenvalue weighted by Gasteiger charge is -2.10. The number of rotatable bonds is 1. The van der Waals surface area contributed by atoms with Gasteiger partial charge in [-0.15, -0.1) is 12.4 Å². The first-order chi connectivity index (χ1) is 8.32. The van der Waals surface area contributed by atoms with Gasteiger partial charge in [-0.2, -0.15) is 13.2 Å². The van der Waals surface area contributed by atoms with Gasteiger partial charge in [-0.25, -0.2) is 4.79 Å². The molecule has 1 heterocycles. The minimum Gasteiger partial charge on any atom is -0.506 e. The first-order valence-electron chi connectivity index (χ1n) is 4.73. The summed E-state index contributed by atoms with van der Waals surface area (Å²) in [5.41, 5.74) is -2.04. The van der Waals surface area contributed by atoms with Gasteiger partial charge in [-0.3, -0.25) is 4.98 Å². The van der Waals surface area contributed by atoms with E-state index in [-0.39, 0.29) is 17.8 Å². The van der Waals surface area contributed by atoms with Crippen molar-refractivity contribution in [3.63, 3.8) is 0 Å². The molecule has 0 saturated heterocycles. The number of aromatic hydroxyl groups is 1. The number of alkyl halides is 3. The summed E-state index contributed by atoms with van der Waals surface area (Å²) in [4.78, 5) is 14.2. The van der Waals surface area contributed by atoms with Crippen molar-refractivity contribution in [1.82, 2.24) is 4.98 Å². The number of halogens is 4. The van der Waals surface area contributed by atoms with Crippen LogP contribution < -0.4 is 0 Å². The average molecular weight is 294 g/mol. The summed E-state index contributed by atoms with van der Waals surface area (Å²) in [5, 5.41) is 18.1. The van der Waals surface area contributed by atoms with E-state index in [1.54, 1.807) is 0 Å². The third-order valence-electron chi connectivity index (χ3n) is 2.40. The lowest BCUT2D eigenvalue weighted by Crippen LogP contribution is -2.07. The second kappa shape index (κ2) is 4.93. The molecule has 8 heteroatoms. The lowest BCUT2D eigenvalue weighted by atomic mass is 10.1. The van der Waals surface area contributed by atoms with E-state index < -0.39 is 34.5 Å². The fourth-order valence-corrected chi connectivity index (χ4v) is 1.59. The van der Waals surface area contributed by atoms with Gasteiger partial charge in [0.25, 0.3) is 0 Å². The van der Waals surface area contributed by atoms with Gasteiger partial charge >= 0.3 is 12.1 Å². The number of fused-ring (bicyclic) bond motifs is 1. The fraction of sp³-hybridized carbons (Fsp3) is 0.0909. The van der Waals surface area contributed by atoms with Crippen molar-refractivity contribution in [3.05, 3.63) is 35.5 Å². The zero-order chi connectivity index (χ0) is 13.5. The van der Waals surface area contributed by atoms with Gasteiger partial charge in [0.15, 0.2) is 0 Å². The Morgan fingerprint density at radius 2 is 1.89 bits per heavy atom. The molecule has 1 aromatic carbocycles. The smallest absolute Gasteiger partial charge is 0.418 e. The number of nitrogens with zero attached hydrogens (tertiary/aromatic N) is 1. The second-order valence-corrected chi connectivity index (χ2v) is 3.53. The van der Waals surface area contributed by atoms with E-state index in [4.69, 9.17) is 5.11 Å². The summed E-state index contributed by atoms with van der Waals surface area (Å²) in [6.07, 6.45) is -3.92. The van der Waals surface area contributed by atoms with Crippen molar-refractivity contribution >= 4 is 29.3 Å². The monoisotopic (exact) mass is 293 g/mol. The number of carbonyl (C=O) groups is 1. The maximum Gasteiger partial charge on any atom is 0.418 e. The van der Waals surface area contributed by atoms with Crippen LogP contribution in [0, 0.1) is 0 Å². The normalized spacial score (nSPS) is 11.1. The highest BCUT2D eigenvalue weighted by atomic mass is 35.5. The fourth-order valence-electron chi connectivity index (χ4n) is 1.59. The predicted molar refractivity (Wildman–Crippen MR) is 62.6 cm³/mol. The number of carboxylic acids is 1. The predicted octanol–water partition coefficient (Wildman–Crippen LogP) is 3.08. The molecule has 0 aliphatic carbocycles. The molecule has 0 aliphatic heterocycles. The number of benzene rings is 1. The highest BCUT2D eigenvalue weighted by Crippen LogP contribution is 2.37. The Bertz CT molecular complexity index is 643. The Balaban J connectivity index is 0.00000180. The van der Waals surface area contributed by atoms with E-state index >= 15 is 0 Å². The van der Waals surface area contributed by atoms with E-state index in [0.717, 1.165) is 12.1 Å². The summed E-state index contributed by atoms with van der Waals surface area (Å²) < 4.78 is 38.0. The topological polar surface area (TPSA) is 70.4 Å². The number of aromatic carboxylic acids is 1. The van der Waals surface area contributed by atoms with Gasteiger partial charge in [0.1, 0.15) is 11.3 Å². The molecule has 0 aliphatic rings. The van der Waals surface area contributed by atoms with Crippen molar-refractivity contribution in [2.24, 2.45) is 0 Å². The summed E-state index contributed by atoms with van der Waals surface area (Å²) >= 11 is 0. The molecule has 0 saturated carbocycles. The molecule has 0 unspecified atom stereocenters. The zero-order valence-corrected chi connectivity index (χ0v) is 9.92. The van der Waals surface area contributed by atoms with Crippen LogP contribution in [0.15, 0.2) is 24.4 Å². The van der Waals surface area contributed by atoms with Gasteiger partial charge in [0, 0.05) is 11.6 Å². The molecule has 19 heavy (non-hydrogen) atoms. The summed E-state index contributed by atoms with van der Waals surface area (Å²) in [5.74, 6) is -2.18. The van der Waals surface area contributed by atoms with E-state index in [2.05, 4.69) is 4.98 Å². The summed E-state index contributed by atoms with van der Waals surface area (Å²) in [7, 11) is 0. The molecule has 2 N–H and O–H groups in total. The van der Waals surface area contributed by atoms with E-state index in [9.17, 15) is 23.1 Å². The van der Waals surface area contributed by atoms with Crippen LogP contribution >= 0.6 is 12.4 Å². The number of hydrogen-bond acceptors (Lipinski definition) is 3. The van der Waals surface area contributed by atoms with Crippen LogP contribution in [0.25, 0.3) is 10.9 Å². The van der Waals surface area contributed by atoms with Gasteiger partial charge in [-0.05, 0) is 12.1 Å². The summed E-state index contributed by atoms with van der Waals surface area (Å²) in [6, 6.07) is 3.08. The molecule has 2 aromatic rings. The zero-order valence-electron chi connectivity index (χ0n) is 9.10. The molecular weight excluding hydrogens is 287 g/mol. The van der Waals surface area contributed by atoms with Crippen molar-refractivity contribution in [1.29, 1.82) is 0 Å². The van der Waals surface area contributed by atoms with Crippen molar-refractivity contribution in [2.45, 2.75) is 6.18 Å². The number of hydrogen-bond donors (Lipinski definition) is 2. The van der Waals surface area contributed by atoms with Crippen molar-refractivity contribution < 1.29 is 28.2 Å². The second-order valence-electron chi connectivity index (χ2n) is 3.53. The molecule has 0 bridgehead atoms. The van der Waals surface area contributed by atoms with Crippen LogP contribution in [0.2, 0.25) is 0 Å². The Morgan fingerprint density at radius 3 is 2.42 bits per heavy atom. The summed E-state index contributed by atoms with van der Waals surface area (Å²) in [6.45, 7) is 0. The van der Waals surface area contributed by atoms with Crippen LogP contribution in [0.5, 0.6) is 5.75 Å². The van der Waals surface area contributed by atoms with Crippen molar-refractivity contribution in [3.8, 4) is 5.75 Å². The van der Waals surface area contributed by atoms with E-state index in [0.29, 0.717) is 6.20 Å². The van der Waals surface area contributed by atoms with Gasteiger partial charge in [0.2, 0.25) is 0 Å². The highest BCUT2D eigenvalue weighted by molar-refractivity contribution is 5.99. The minimum atomic E-state index is -4.62. The Labute approximate surface area is 110 Å². The van der Waals surface area contributed by atoms with Crippen LogP contribution in [0.1, 0.15) is 15.9 Å². The van der Waals surface area contributed by atoms with Crippen LogP contribution in [-0.2, 0) is 6.18 Å². The van der Waals surface area contributed by atoms with Crippen molar-refractivity contribution in [2.75, 3.05) is 0 Å². The first-order valence-corrected chi connectivity index (χ1v) is 4.73. The number of aromatic nitrogens is 1. The molecule has 4 nitrogen and oxygen atoms in total. The highest BCUT2D eigenvalue weighted by Gasteiger charge is 2.33. The van der Waals surface area contributed by atoms with Crippen LogP contribution in [-0.4, -0.2) is 21.2 Å². The lowest BCUT2D eigenvalue weighted by molar-refractivity contribution is -0.136. The van der Waals surface area contributed by atoms with Gasteiger partial charge in [0.05, 0.1) is 11.1 Å². The maximum absolute atomic E-state index is 12.7. The quantitative estimate of drug-likeness (QED) is 0.847. The molecule has 102 valence electrons. The molecule has 0 fully saturated rings. The Morgan fingerprint density at radius 1 is 1.26 bits per heavy atom. The first kappa shape index (κ1) is 15.0.